The average Bonchev–Trinajstić information content (AvgIpc) is 3.10. The molecule has 8 nitrogen and oxygen atoms in total. The molecule has 146 valence electrons. The fourth-order valence-corrected chi connectivity index (χ4v) is 4.19. The third-order valence-electron chi connectivity index (χ3n) is 4.22. The molecular formula is C16H12F3N5O3S. The van der Waals surface area contributed by atoms with Crippen molar-refractivity contribution in [3.05, 3.63) is 54.2 Å². The second-order valence-electron chi connectivity index (χ2n) is 6.07. The van der Waals surface area contributed by atoms with Crippen molar-refractivity contribution in [3.8, 4) is 11.6 Å². The van der Waals surface area contributed by atoms with Crippen molar-refractivity contribution in [1.82, 2.24) is 24.4 Å². The van der Waals surface area contributed by atoms with E-state index in [9.17, 15) is 21.6 Å². The zero-order valence-corrected chi connectivity index (χ0v) is 14.9. The lowest BCUT2D eigenvalue weighted by molar-refractivity contribution is -0.137. The molecule has 2 aromatic heterocycles. The van der Waals surface area contributed by atoms with Crippen LogP contribution in [-0.2, 0) is 16.2 Å². The number of halogens is 3. The molecule has 1 fully saturated rings. The first-order valence-electron chi connectivity index (χ1n) is 8.03. The molecule has 4 rings (SSSR count). The number of sulfonamides is 1. The second kappa shape index (κ2) is 6.63. The van der Waals surface area contributed by atoms with Gasteiger partial charge in [0.1, 0.15) is 0 Å². The van der Waals surface area contributed by atoms with E-state index in [-0.39, 0.29) is 41.4 Å². The molecule has 12 heteroatoms. The van der Waals surface area contributed by atoms with Gasteiger partial charge in [0.25, 0.3) is 0 Å². The number of hydrogen-bond donors (Lipinski definition) is 0. The smallest absolute Gasteiger partial charge is 0.338 e. The lowest BCUT2D eigenvalue weighted by Crippen LogP contribution is -2.48. The van der Waals surface area contributed by atoms with E-state index in [0.717, 1.165) is 28.6 Å². The topological polar surface area (TPSA) is 102 Å². The summed E-state index contributed by atoms with van der Waals surface area (Å²) >= 11 is 0. The number of rotatable bonds is 4. The van der Waals surface area contributed by atoms with Gasteiger partial charge >= 0.3 is 6.18 Å². The molecule has 0 bridgehead atoms. The summed E-state index contributed by atoms with van der Waals surface area (Å²) in [5.74, 6) is 0.418. The number of benzene rings is 1. The maximum absolute atomic E-state index is 12.6. The van der Waals surface area contributed by atoms with Gasteiger partial charge in [-0.3, -0.25) is 0 Å². The lowest BCUT2D eigenvalue weighted by Gasteiger charge is -2.35. The van der Waals surface area contributed by atoms with Crippen LogP contribution >= 0.6 is 0 Å². The Bertz CT molecular complexity index is 1080. The highest BCUT2D eigenvalue weighted by atomic mass is 32.2. The maximum atomic E-state index is 12.6. The first kappa shape index (κ1) is 18.5. The molecule has 0 saturated carbocycles. The van der Waals surface area contributed by atoms with E-state index in [2.05, 4.69) is 20.1 Å². The summed E-state index contributed by atoms with van der Waals surface area (Å²) in [6, 6.07) is 5.02. The molecule has 1 aliphatic heterocycles. The predicted octanol–water partition coefficient (Wildman–Crippen LogP) is 2.33. The van der Waals surface area contributed by atoms with Gasteiger partial charge in [0, 0.05) is 25.5 Å². The van der Waals surface area contributed by atoms with Gasteiger partial charge < -0.3 is 4.52 Å². The van der Waals surface area contributed by atoms with Gasteiger partial charge in [-0.2, -0.15) is 22.5 Å². The normalized spacial score (nSPS) is 16.1. The van der Waals surface area contributed by atoms with Crippen molar-refractivity contribution in [2.24, 2.45) is 0 Å². The Morgan fingerprint density at radius 3 is 2.29 bits per heavy atom. The molecule has 3 heterocycles. The summed E-state index contributed by atoms with van der Waals surface area (Å²) in [6.45, 7) is 0.168. The van der Waals surface area contributed by atoms with E-state index in [4.69, 9.17) is 4.52 Å². The molecule has 0 radical (unpaired) electrons. The molecule has 1 aliphatic rings. The van der Waals surface area contributed by atoms with Gasteiger partial charge in [0.2, 0.25) is 27.6 Å². The van der Waals surface area contributed by atoms with Gasteiger partial charge in [-0.15, -0.1) is 0 Å². The van der Waals surface area contributed by atoms with Crippen LogP contribution in [-0.4, -0.2) is 45.9 Å². The highest BCUT2D eigenvalue weighted by Gasteiger charge is 2.41. The minimum Gasteiger partial charge on any atom is -0.338 e. The number of aromatic nitrogens is 4. The van der Waals surface area contributed by atoms with Crippen LogP contribution in [0.25, 0.3) is 11.6 Å². The standard InChI is InChI=1S/C16H12F3N5O3S/c17-16(18,19)11-2-4-12(5-3-11)28(25,26)24-8-10(9-24)15-22-14(23-27-15)13-20-6-1-7-21-13/h1-7,10H,8-9H2. The minimum absolute atomic E-state index is 0.0840. The molecule has 0 amide bonds. The molecule has 0 unspecified atom stereocenters. The van der Waals surface area contributed by atoms with Crippen molar-refractivity contribution in [3.63, 3.8) is 0 Å². The third kappa shape index (κ3) is 3.36. The SMILES string of the molecule is O=S(=O)(c1ccc(C(F)(F)F)cc1)N1CC(c2nc(-c3ncccn3)no2)C1. The van der Waals surface area contributed by atoms with Crippen LogP contribution in [0.4, 0.5) is 13.2 Å². The summed E-state index contributed by atoms with van der Waals surface area (Å²) in [4.78, 5) is 12.0. The van der Waals surface area contributed by atoms with E-state index in [1.54, 1.807) is 6.07 Å². The van der Waals surface area contributed by atoms with E-state index >= 15 is 0 Å². The average molecular weight is 411 g/mol. The summed E-state index contributed by atoms with van der Waals surface area (Å²) in [5.41, 5.74) is -0.908. The van der Waals surface area contributed by atoms with Crippen molar-refractivity contribution in [1.29, 1.82) is 0 Å². The van der Waals surface area contributed by atoms with Crippen LogP contribution in [0.5, 0.6) is 0 Å². The van der Waals surface area contributed by atoms with Crippen molar-refractivity contribution < 1.29 is 26.1 Å². The molecule has 0 aliphatic carbocycles. The van der Waals surface area contributed by atoms with E-state index in [1.807, 2.05) is 0 Å². The summed E-state index contributed by atoms with van der Waals surface area (Å²) in [6.07, 6.45) is -1.47. The zero-order chi connectivity index (χ0) is 19.9. The van der Waals surface area contributed by atoms with Crippen LogP contribution in [0.2, 0.25) is 0 Å². The number of nitrogens with zero attached hydrogens (tertiary/aromatic N) is 5. The predicted molar refractivity (Wildman–Crippen MR) is 88.3 cm³/mol. The Hall–Kier alpha value is -2.86. The van der Waals surface area contributed by atoms with Crippen molar-refractivity contribution in [2.45, 2.75) is 17.0 Å². The molecule has 28 heavy (non-hydrogen) atoms. The van der Waals surface area contributed by atoms with Crippen molar-refractivity contribution >= 4 is 10.0 Å². The highest BCUT2D eigenvalue weighted by molar-refractivity contribution is 7.89. The van der Waals surface area contributed by atoms with E-state index in [0.29, 0.717) is 0 Å². The quantitative estimate of drug-likeness (QED) is 0.649. The maximum Gasteiger partial charge on any atom is 0.416 e. The first-order chi connectivity index (χ1) is 13.2. The fraction of sp³-hybridized carbons (Fsp3) is 0.250. The highest BCUT2D eigenvalue weighted by Crippen LogP contribution is 2.33. The molecule has 0 spiro atoms. The second-order valence-corrected chi connectivity index (χ2v) is 8.01. The summed E-state index contributed by atoms with van der Waals surface area (Å²) in [5, 5.41) is 3.78. The Labute approximate surface area is 157 Å². The van der Waals surface area contributed by atoms with Gasteiger partial charge in [0.05, 0.1) is 16.4 Å². The van der Waals surface area contributed by atoms with Gasteiger partial charge in [-0.05, 0) is 30.3 Å². The molecule has 0 atom stereocenters. The van der Waals surface area contributed by atoms with E-state index < -0.39 is 21.8 Å². The fourth-order valence-electron chi connectivity index (χ4n) is 2.66. The first-order valence-corrected chi connectivity index (χ1v) is 9.47. The van der Waals surface area contributed by atoms with E-state index in [1.165, 1.54) is 12.4 Å². The van der Waals surface area contributed by atoms with Gasteiger partial charge in [-0.1, -0.05) is 5.16 Å². The Balaban J connectivity index is 1.45. The van der Waals surface area contributed by atoms with Gasteiger partial charge in [0.15, 0.2) is 0 Å². The van der Waals surface area contributed by atoms with Crippen LogP contribution in [0, 0.1) is 0 Å². The molecule has 0 N–H and O–H groups in total. The van der Waals surface area contributed by atoms with Crippen LogP contribution < -0.4 is 0 Å². The number of hydrogen-bond acceptors (Lipinski definition) is 7. The van der Waals surface area contributed by atoms with Crippen molar-refractivity contribution in [2.75, 3.05) is 13.1 Å². The zero-order valence-electron chi connectivity index (χ0n) is 14.0. The van der Waals surface area contributed by atoms with Crippen LogP contribution in [0.1, 0.15) is 17.4 Å². The molecular weight excluding hydrogens is 399 g/mol. The molecule has 1 aromatic carbocycles. The molecule has 3 aromatic rings. The summed E-state index contributed by atoms with van der Waals surface area (Å²) in [7, 11) is -3.90. The van der Waals surface area contributed by atoms with Gasteiger partial charge in [-0.25, -0.2) is 18.4 Å². The van der Waals surface area contributed by atoms with Crippen LogP contribution in [0.15, 0.2) is 52.1 Å². The monoisotopic (exact) mass is 411 g/mol. The third-order valence-corrected chi connectivity index (χ3v) is 6.07. The Kier molecular flexibility index (Phi) is 4.38. The minimum atomic E-state index is -4.53. The Morgan fingerprint density at radius 2 is 1.68 bits per heavy atom. The summed E-state index contributed by atoms with van der Waals surface area (Å²) < 4.78 is 69.2. The van der Waals surface area contributed by atoms with Crippen LogP contribution in [0.3, 0.4) is 0 Å². The Morgan fingerprint density at radius 1 is 1.04 bits per heavy atom. The number of alkyl halides is 3. The largest absolute Gasteiger partial charge is 0.416 e. The lowest BCUT2D eigenvalue weighted by atomic mass is 10.0. The molecule has 1 saturated heterocycles.